The quantitative estimate of drug-likeness (QED) is 0.817. The van der Waals surface area contributed by atoms with Crippen LogP contribution in [0.25, 0.3) is 0 Å². The van der Waals surface area contributed by atoms with Gasteiger partial charge in [-0.05, 0) is 23.4 Å². The molecule has 0 aliphatic heterocycles. The first-order valence-corrected chi connectivity index (χ1v) is 8.11. The van der Waals surface area contributed by atoms with Crippen LogP contribution in [0.3, 0.4) is 0 Å². The summed E-state index contributed by atoms with van der Waals surface area (Å²) < 4.78 is 5.13. The highest BCUT2D eigenvalue weighted by molar-refractivity contribution is 7.12. The normalized spacial score (nSPS) is 13.1. The van der Waals surface area contributed by atoms with Crippen molar-refractivity contribution in [1.29, 1.82) is 0 Å². The number of rotatable bonds is 7. The molecule has 23 heavy (non-hydrogen) atoms. The number of hydrogen-bond acceptors (Lipinski definition) is 4. The predicted molar refractivity (Wildman–Crippen MR) is 89.3 cm³/mol. The Labute approximate surface area is 138 Å². The highest BCUT2D eigenvalue weighted by Gasteiger charge is 2.39. The summed E-state index contributed by atoms with van der Waals surface area (Å²) in [5, 5.41) is 14.2. The van der Waals surface area contributed by atoms with Crippen molar-refractivity contribution in [2.24, 2.45) is 0 Å². The summed E-state index contributed by atoms with van der Waals surface area (Å²) in [6, 6.07) is 10.7. The third kappa shape index (κ3) is 3.37. The first-order chi connectivity index (χ1) is 11.0. The van der Waals surface area contributed by atoms with Gasteiger partial charge in [0.15, 0.2) is 0 Å². The van der Waals surface area contributed by atoms with Crippen molar-refractivity contribution in [1.82, 2.24) is 5.32 Å². The van der Waals surface area contributed by atoms with E-state index in [2.05, 4.69) is 5.32 Å². The first kappa shape index (κ1) is 17.0. The zero-order chi connectivity index (χ0) is 16.9. The average molecular weight is 333 g/mol. The fraction of sp³-hybridized carbons (Fsp3) is 0.294. The monoisotopic (exact) mass is 333 g/mol. The number of carboxylic acids is 1. The predicted octanol–water partition coefficient (Wildman–Crippen LogP) is 2.92. The Morgan fingerprint density at radius 2 is 1.96 bits per heavy atom. The molecule has 0 spiro atoms. The van der Waals surface area contributed by atoms with Gasteiger partial charge in [0.2, 0.25) is 0 Å². The molecule has 6 heteroatoms. The zero-order valence-electron chi connectivity index (χ0n) is 13.0. The molecule has 2 N–H and O–H groups in total. The molecule has 122 valence electrons. The van der Waals surface area contributed by atoms with Gasteiger partial charge in [0, 0.05) is 6.54 Å². The van der Waals surface area contributed by atoms with E-state index < -0.39 is 11.4 Å². The largest absolute Gasteiger partial charge is 0.495 e. The highest BCUT2D eigenvalue weighted by atomic mass is 32.1. The van der Waals surface area contributed by atoms with Gasteiger partial charge >= 0.3 is 5.97 Å². The van der Waals surface area contributed by atoms with Crippen LogP contribution in [-0.4, -0.2) is 30.6 Å². The molecule has 0 bridgehead atoms. The van der Waals surface area contributed by atoms with Crippen molar-refractivity contribution in [3.63, 3.8) is 0 Å². The molecule has 1 unspecified atom stereocenters. The second-order valence-corrected chi connectivity index (χ2v) is 6.02. The van der Waals surface area contributed by atoms with E-state index in [1.165, 1.54) is 18.4 Å². The molecule has 1 amide bonds. The number of carbonyl (C=O) groups is 2. The molecule has 1 aromatic carbocycles. The number of hydrogen-bond donors (Lipinski definition) is 2. The number of benzene rings is 1. The molecule has 0 aliphatic carbocycles. The van der Waals surface area contributed by atoms with Crippen molar-refractivity contribution in [3.8, 4) is 5.75 Å². The van der Waals surface area contributed by atoms with E-state index in [4.69, 9.17) is 4.74 Å². The summed E-state index contributed by atoms with van der Waals surface area (Å²) in [5.74, 6) is -0.791. The van der Waals surface area contributed by atoms with Crippen LogP contribution >= 0.6 is 11.3 Å². The number of ether oxygens (including phenoxy) is 1. The maximum absolute atomic E-state index is 12.3. The first-order valence-electron chi connectivity index (χ1n) is 7.23. The molecule has 0 saturated heterocycles. The van der Waals surface area contributed by atoms with Gasteiger partial charge in [-0.2, -0.15) is 0 Å². The van der Waals surface area contributed by atoms with E-state index in [1.807, 2.05) is 6.07 Å². The molecular formula is C17H19NO4S. The van der Waals surface area contributed by atoms with Gasteiger partial charge in [0.1, 0.15) is 16.0 Å². The minimum atomic E-state index is -1.15. The smallest absolute Gasteiger partial charge is 0.315 e. The number of carboxylic acid groups (broad SMARTS) is 1. The van der Waals surface area contributed by atoms with Crippen LogP contribution in [0.2, 0.25) is 0 Å². The Morgan fingerprint density at radius 3 is 2.52 bits per heavy atom. The molecule has 0 aliphatic rings. The van der Waals surface area contributed by atoms with Crippen LogP contribution in [0.15, 0.2) is 41.8 Å². The average Bonchev–Trinajstić information content (AvgIpc) is 3.05. The van der Waals surface area contributed by atoms with Crippen LogP contribution in [0.1, 0.15) is 28.6 Å². The van der Waals surface area contributed by atoms with Gasteiger partial charge in [0.05, 0.1) is 7.11 Å². The number of aliphatic carboxylic acids is 1. The fourth-order valence-corrected chi connectivity index (χ4v) is 3.25. The van der Waals surface area contributed by atoms with Crippen LogP contribution in [0.4, 0.5) is 0 Å². The van der Waals surface area contributed by atoms with Crippen molar-refractivity contribution in [2.75, 3.05) is 13.7 Å². The van der Waals surface area contributed by atoms with Gasteiger partial charge in [-0.3, -0.25) is 9.59 Å². The number of carbonyl (C=O) groups excluding carboxylic acids is 1. The number of thiophene rings is 1. The Morgan fingerprint density at radius 1 is 1.26 bits per heavy atom. The van der Waals surface area contributed by atoms with Crippen molar-refractivity contribution in [2.45, 2.75) is 18.8 Å². The standard InChI is InChI=1S/C17H19NO4S/c1-3-17(16(20)21,12-7-5-4-6-8-12)11-18-15(19)14-13(22-2)9-10-23-14/h4-10H,3,11H2,1-2H3,(H,18,19)(H,20,21). The van der Waals surface area contributed by atoms with Gasteiger partial charge < -0.3 is 15.2 Å². The lowest BCUT2D eigenvalue weighted by molar-refractivity contribution is -0.143. The van der Waals surface area contributed by atoms with Crippen molar-refractivity contribution in [3.05, 3.63) is 52.2 Å². The molecule has 2 aromatic rings. The van der Waals surface area contributed by atoms with Gasteiger partial charge in [-0.15, -0.1) is 11.3 Å². The minimum Gasteiger partial charge on any atom is -0.495 e. The fourth-order valence-electron chi connectivity index (χ4n) is 2.47. The van der Waals surface area contributed by atoms with E-state index in [1.54, 1.807) is 42.6 Å². The summed E-state index contributed by atoms with van der Waals surface area (Å²) in [6.07, 6.45) is 0.369. The van der Waals surface area contributed by atoms with Gasteiger partial charge in [0.25, 0.3) is 5.91 Å². The Kier molecular flexibility index (Phi) is 5.39. The van der Waals surface area contributed by atoms with E-state index in [-0.39, 0.29) is 12.5 Å². The molecule has 1 heterocycles. The summed E-state index contributed by atoms with van der Waals surface area (Å²) in [4.78, 5) is 24.7. The lowest BCUT2D eigenvalue weighted by atomic mass is 9.78. The second-order valence-electron chi connectivity index (χ2n) is 5.11. The van der Waals surface area contributed by atoms with E-state index in [0.29, 0.717) is 22.6 Å². The van der Waals surface area contributed by atoms with Crippen LogP contribution < -0.4 is 10.1 Å². The number of nitrogens with one attached hydrogen (secondary N) is 1. The molecule has 0 radical (unpaired) electrons. The molecule has 5 nitrogen and oxygen atoms in total. The summed E-state index contributed by atoms with van der Waals surface area (Å²) in [7, 11) is 1.50. The SMILES string of the molecule is CCC(CNC(=O)c1sccc1OC)(C(=O)O)c1ccccc1. The van der Waals surface area contributed by atoms with E-state index in [9.17, 15) is 14.7 Å². The summed E-state index contributed by atoms with van der Waals surface area (Å²) >= 11 is 1.26. The minimum absolute atomic E-state index is 0.0166. The van der Waals surface area contributed by atoms with E-state index in [0.717, 1.165) is 0 Å². The molecule has 0 saturated carbocycles. The van der Waals surface area contributed by atoms with Crippen LogP contribution in [0, 0.1) is 0 Å². The maximum atomic E-state index is 12.3. The molecule has 1 aromatic heterocycles. The van der Waals surface area contributed by atoms with Crippen molar-refractivity contribution < 1.29 is 19.4 Å². The number of amides is 1. The molecule has 1 atom stereocenters. The topological polar surface area (TPSA) is 75.6 Å². The van der Waals surface area contributed by atoms with Crippen LogP contribution in [-0.2, 0) is 10.2 Å². The number of methoxy groups -OCH3 is 1. The van der Waals surface area contributed by atoms with Crippen molar-refractivity contribution >= 4 is 23.2 Å². The second kappa shape index (κ2) is 7.28. The third-order valence-corrected chi connectivity index (χ3v) is 4.84. The molecular weight excluding hydrogens is 314 g/mol. The van der Waals surface area contributed by atoms with Gasteiger partial charge in [-0.1, -0.05) is 37.3 Å². The lowest BCUT2D eigenvalue weighted by Crippen LogP contribution is -2.46. The Balaban J connectivity index is 2.23. The van der Waals surface area contributed by atoms with Gasteiger partial charge in [-0.25, -0.2) is 0 Å². The maximum Gasteiger partial charge on any atom is 0.315 e. The molecule has 0 fully saturated rings. The lowest BCUT2D eigenvalue weighted by Gasteiger charge is -2.29. The van der Waals surface area contributed by atoms with Crippen LogP contribution in [0.5, 0.6) is 5.75 Å². The highest BCUT2D eigenvalue weighted by Crippen LogP contribution is 2.29. The Bertz CT molecular complexity index is 683. The summed E-state index contributed by atoms with van der Waals surface area (Å²) in [5.41, 5.74) is -0.477. The van der Waals surface area contributed by atoms with E-state index >= 15 is 0 Å². The molecule has 2 rings (SSSR count). The Hall–Kier alpha value is -2.34. The third-order valence-electron chi connectivity index (χ3n) is 3.95. The summed E-state index contributed by atoms with van der Waals surface area (Å²) in [6.45, 7) is 1.82. The zero-order valence-corrected chi connectivity index (χ0v) is 13.9.